The van der Waals surface area contributed by atoms with Crippen molar-refractivity contribution < 1.29 is 0 Å². The van der Waals surface area contributed by atoms with Crippen molar-refractivity contribution in [2.75, 3.05) is 0 Å². The summed E-state index contributed by atoms with van der Waals surface area (Å²) in [6, 6.07) is 55.8. The summed E-state index contributed by atoms with van der Waals surface area (Å²) < 4.78 is 0. The summed E-state index contributed by atoms with van der Waals surface area (Å²) in [5.74, 6) is 0. The third-order valence-corrected chi connectivity index (χ3v) is 10.5. The third kappa shape index (κ3) is 3.87. The lowest BCUT2D eigenvalue weighted by atomic mass is 9.80. The molecule has 0 N–H and O–H groups in total. The maximum Gasteiger partial charge on any atom is 0.0709 e. The fourth-order valence-corrected chi connectivity index (χ4v) is 8.16. The Hall–Kier alpha value is -5.79. The molecule has 220 valence electrons. The zero-order chi connectivity index (χ0) is 31.3. The highest BCUT2D eigenvalue weighted by Gasteiger charge is 2.35. The monoisotopic (exact) mass is 597 g/mol. The molecule has 0 spiro atoms. The predicted molar refractivity (Wildman–Crippen MR) is 200 cm³/mol. The first-order valence-corrected chi connectivity index (χ1v) is 16.5. The van der Waals surface area contributed by atoms with Gasteiger partial charge >= 0.3 is 0 Å². The van der Waals surface area contributed by atoms with E-state index in [-0.39, 0.29) is 5.41 Å². The molecule has 0 bridgehead atoms. The SMILES string of the molecule is CC1(C)c2cc(-c3cccc(-c4ccc5ccccc5c4)n3)cc3ccc4cc(-c5cc6ccccc6c6ccccc56)cc1c4c23. The zero-order valence-electron chi connectivity index (χ0n) is 26.4. The van der Waals surface area contributed by atoms with Gasteiger partial charge in [0.1, 0.15) is 0 Å². The molecule has 1 aliphatic rings. The van der Waals surface area contributed by atoms with E-state index in [1.54, 1.807) is 0 Å². The molecule has 0 unspecified atom stereocenters. The van der Waals surface area contributed by atoms with Crippen LogP contribution in [0.2, 0.25) is 0 Å². The van der Waals surface area contributed by atoms with Crippen LogP contribution in [-0.4, -0.2) is 4.98 Å². The minimum absolute atomic E-state index is 0.158. The maximum atomic E-state index is 5.22. The quantitative estimate of drug-likeness (QED) is 0.185. The Bertz CT molecular complexity index is 2770. The van der Waals surface area contributed by atoms with E-state index < -0.39 is 0 Å². The van der Waals surface area contributed by atoms with E-state index in [2.05, 4.69) is 166 Å². The molecule has 1 heteroatoms. The van der Waals surface area contributed by atoms with E-state index in [9.17, 15) is 0 Å². The summed E-state index contributed by atoms with van der Waals surface area (Å²) in [5.41, 5.74) is 9.49. The Labute approximate surface area is 273 Å². The van der Waals surface area contributed by atoms with Gasteiger partial charge in [-0.15, -0.1) is 0 Å². The molecular formula is C46H31N. The Morgan fingerprint density at radius 3 is 1.70 bits per heavy atom. The second kappa shape index (κ2) is 9.61. The number of hydrogen-bond donors (Lipinski definition) is 0. The molecule has 1 aromatic heterocycles. The van der Waals surface area contributed by atoms with Crippen LogP contribution in [0, 0.1) is 0 Å². The molecule has 8 aromatic carbocycles. The first kappa shape index (κ1) is 26.4. The molecular weight excluding hydrogens is 567 g/mol. The van der Waals surface area contributed by atoms with Gasteiger partial charge in [-0.05, 0) is 125 Å². The topological polar surface area (TPSA) is 12.9 Å². The number of pyridine rings is 1. The summed E-state index contributed by atoms with van der Waals surface area (Å²) in [7, 11) is 0. The van der Waals surface area contributed by atoms with Gasteiger partial charge in [-0.3, -0.25) is 0 Å². The van der Waals surface area contributed by atoms with Crippen molar-refractivity contribution in [1.82, 2.24) is 4.98 Å². The molecule has 0 amide bonds. The van der Waals surface area contributed by atoms with Gasteiger partial charge in [0.15, 0.2) is 0 Å². The Morgan fingerprint density at radius 2 is 0.936 bits per heavy atom. The fraction of sp³-hybridized carbons (Fsp3) is 0.0652. The van der Waals surface area contributed by atoms with Crippen LogP contribution < -0.4 is 0 Å². The minimum atomic E-state index is -0.158. The smallest absolute Gasteiger partial charge is 0.0709 e. The fourth-order valence-electron chi connectivity index (χ4n) is 8.16. The van der Waals surface area contributed by atoms with Gasteiger partial charge in [-0.2, -0.15) is 0 Å². The summed E-state index contributed by atoms with van der Waals surface area (Å²) >= 11 is 0. The zero-order valence-corrected chi connectivity index (χ0v) is 26.4. The number of aromatic nitrogens is 1. The van der Waals surface area contributed by atoms with Crippen molar-refractivity contribution in [3.63, 3.8) is 0 Å². The molecule has 0 saturated carbocycles. The predicted octanol–water partition coefficient (Wildman–Crippen LogP) is 12.5. The first-order valence-electron chi connectivity index (χ1n) is 16.5. The van der Waals surface area contributed by atoms with Crippen LogP contribution in [0.4, 0.5) is 0 Å². The molecule has 1 nitrogen and oxygen atoms in total. The van der Waals surface area contributed by atoms with Crippen LogP contribution in [0.15, 0.2) is 152 Å². The number of nitrogens with zero attached hydrogens (tertiary/aromatic N) is 1. The lowest BCUT2D eigenvalue weighted by molar-refractivity contribution is 0.663. The van der Waals surface area contributed by atoms with Crippen LogP contribution in [-0.2, 0) is 5.41 Å². The van der Waals surface area contributed by atoms with Crippen molar-refractivity contribution in [3.8, 4) is 33.6 Å². The van der Waals surface area contributed by atoms with E-state index in [0.29, 0.717) is 0 Å². The highest BCUT2D eigenvalue weighted by atomic mass is 14.7. The first-order chi connectivity index (χ1) is 23.0. The van der Waals surface area contributed by atoms with Gasteiger partial charge < -0.3 is 0 Å². The minimum Gasteiger partial charge on any atom is -0.248 e. The van der Waals surface area contributed by atoms with E-state index >= 15 is 0 Å². The van der Waals surface area contributed by atoms with Gasteiger partial charge in [0, 0.05) is 16.5 Å². The van der Waals surface area contributed by atoms with Crippen molar-refractivity contribution in [3.05, 3.63) is 163 Å². The van der Waals surface area contributed by atoms with Gasteiger partial charge in [0.2, 0.25) is 0 Å². The van der Waals surface area contributed by atoms with Gasteiger partial charge in [-0.1, -0.05) is 117 Å². The molecule has 0 fully saturated rings. The van der Waals surface area contributed by atoms with Crippen LogP contribution in [0.5, 0.6) is 0 Å². The lowest BCUT2D eigenvalue weighted by Gasteiger charge is -2.23. The number of hydrogen-bond acceptors (Lipinski definition) is 1. The largest absolute Gasteiger partial charge is 0.248 e. The standard InChI is InChI=1S/C46H31N/c1-46(2)40-26-34(39-25-30-12-5-6-13-36(30)37-14-7-8-15-38(37)39)23-32-20-21-33-24-35(27-41(46)45(33)44(32)40)43-17-9-16-42(47-43)31-19-18-28-10-3-4-11-29(28)22-31/h3-27H,1-2H3. The molecule has 0 aliphatic heterocycles. The summed E-state index contributed by atoms with van der Waals surface area (Å²) in [6.45, 7) is 4.78. The molecule has 1 heterocycles. The summed E-state index contributed by atoms with van der Waals surface area (Å²) in [4.78, 5) is 5.22. The molecule has 0 atom stereocenters. The van der Waals surface area contributed by atoms with Gasteiger partial charge in [0.25, 0.3) is 0 Å². The van der Waals surface area contributed by atoms with Crippen LogP contribution in [0.25, 0.3) is 87.5 Å². The molecule has 1 aliphatic carbocycles. The molecule has 10 rings (SSSR count). The molecule has 9 aromatic rings. The van der Waals surface area contributed by atoms with E-state index in [4.69, 9.17) is 4.98 Å². The Morgan fingerprint density at radius 1 is 0.383 bits per heavy atom. The average molecular weight is 598 g/mol. The van der Waals surface area contributed by atoms with Crippen molar-refractivity contribution in [2.45, 2.75) is 19.3 Å². The van der Waals surface area contributed by atoms with Gasteiger partial charge in [0.05, 0.1) is 11.4 Å². The highest BCUT2D eigenvalue weighted by Crippen LogP contribution is 2.51. The third-order valence-electron chi connectivity index (χ3n) is 10.5. The van der Waals surface area contributed by atoms with Crippen LogP contribution in [0.1, 0.15) is 25.0 Å². The molecule has 0 saturated heterocycles. The number of fused-ring (bicyclic) bond motifs is 4. The van der Waals surface area contributed by atoms with E-state index in [1.807, 2.05) is 0 Å². The highest BCUT2D eigenvalue weighted by molar-refractivity contribution is 6.18. The van der Waals surface area contributed by atoms with E-state index in [1.165, 1.54) is 76.1 Å². The van der Waals surface area contributed by atoms with Crippen LogP contribution >= 0.6 is 0 Å². The molecule has 47 heavy (non-hydrogen) atoms. The number of rotatable bonds is 3. The summed E-state index contributed by atoms with van der Waals surface area (Å²) in [6.07, 6.45) is 0. The lowest BCUT2D eigenvalue weighted by Crippen LogP contribution is -2.15. The van der Waals surface area contributed by atoms with Gasteiger partial charge in [-0.25, -0.2) is 4.98 Å². The van der Waals surface area contributed by atoms with Crippen LogP contribution in [0.3, 0.4) is 0 Å². The number of benzene rings is 8. The maximum absolute atomic E-state index is 5.22. The second-order valence-corrected chi connectivity index (χ2v) is 13.6. The van der Waals surface area contributed by atoms with E-state index in [0.717, 1.165) is 22.5 Å². The normalized spacial score (nSPS) is 13.5. The Balaban J connectivity index is 1.13. The van der Waals surface area contributed by atoms with Crippen molar-refractivity contribution in [1.29, 1.82) is 0 Å². The second-order valence-electron chi connectivity index (χ2n) is 13.6. The Kier molecular flexibility index (Phi) is 5.40. The molecule has 0 radical (unpaired) electrons. The van der Waals surface area contributed by atoms with Crippen molar-refractivity contribution >= 4 is 53.9 Å². The van der Waals surface area contributed by atoms with Crippen molar-refractivity contribution in [2.24, 2.45) is 0 Å². The summed E-state index contributed by atoms with van der Waals surface area (Å²) in [5, 5.41) is 13.0. The average Bonchev–Trinajstić information content (AvgIpc) is 3.36.